The number of hydrogen-bond acceptors (Lipinski definition) is 6. The number of halogens is 1. The third-order valence-corrected chi connectivity index (χ3v) is 6.10. The van der Waals surface area contributed by atoms with Crippen LogP contribution in [0.5, 0.6) is 0 Å². The third kappa shape index (κ3) is 3.99. The van der Waals surface area contributed by atoms with E-state index in [1.54, 1.807) is 13.1 Å². The smallest absolute Gasteiger partial charge is 0.253 e. The maximum atomic E-state index is 6.16. The SMILES string of the molecule is Cc1cc2c(cc1C#Cc1ncccc1SNc1onc(C)c1Cl)C(C)(C)OC2. The van der Waals surface area contributed by atoms with Crippen molar-refractivity contribution in [3.8, 4) is 11.8 Å². The molecular formula is C22H20ClN3O2S. The maximum absolute atomic E-state index is 6.16. The van der Waals surface area contributed by atoms with Gasteiger partial charge in [0.15, 0.2) is 0 Å². The molecule has 0 atom stereocenters. The van der Waals surface area contributed by atoms with Gasteiger partial charge < -0.3 is 9.26 Å². The van der Waals surface area contributed by atoms with Crippen molar-refractivity contribution >= 4 is 29.4 Å². The molecule has 3 heterocycles. The Morgan fingerprint density at radius 2 is 2.07 bits per heavy atom. The van der Waals surface area contributed by atoms with Gasteiger partial charge in [0.05, 0.1) is 17.1 Å². The molecule has 148 valence electrons. The number of pyridine rings is 1. The molecule has 4 rings (SSSR count). The number of nitrogens with zero attached hydrogens (tertiary/aromatic N) is 2. The van der Waals surface area contributed by atoms with Crippen LogP contribution in [0, 0.1) is 25.7 Å². The second-order valence-corrected chi connectivity index (χ2v) is 8.56. The Morgan fingerprint density at radius 1 is 1.24 bits per heavy atom. The average molecular weight is 426 g/mol. The van der Waals surface area contributed by atoms with Gasteiger partial charge in [0.25, 0.3) is 5.88 Å². The Hall–Kier alpha value is -2.46. The number of nitrogens with one attached hydrogen (secondary N) is 1. The monoisotopic (exact) mass is 425 g/mol. The van der Waals surface area contributed by atoms with E-state index in [1.807, 2.05) is 12.1 Å². The summed E-state index contributed by atoms with van der Waals surface area (Å²) in [5.74, 6) is 6.89. The maximum Gasteiger partial charge on any atom is 0.253 e. The van der Waals surface area contributed by atoms with Crippen molar-refractivity contribution in [2.45, 2.75) is 44.8 Å². The molecule has 1 aromatic carbocycles. The minimum absolute atomic E-state index is 0.288. The van der Waals surface area contributed by atoms with E-state index in [0.717, 1.165) is 16.0 Å². The lowest BCUT2D eigenvalue weighted by molar-refractivity contribution is -0.00790. The molecule has 0 amide bonds. The number of aryl methyl sites for hydroxylation is 2. The zero-order chi connectivity index (χ0) is 20.6. The lowest BCUT2D eigenvalue weighted by atomic mass is 9.92. The summed E-state index contributed by atoms with van der Waals surface area (Å²) in [6.45, 7) is 8.67. The molecule has 3 aromatic rings. The Bertz CT molecular complexity index is 1140. The van der Waals surface area contributed by atoms with Gasteiger partial charge in [0.2, 0.25) is 0 Å². The van der Waals surface area contributed by atoms with Gasteiger partial charge in [-0.25, -0.2) is 4.98 Å². The molecule has 29 heavy (non-hydrogen) atoms. The van der Waals surface area contributed by atoms with Gasteiger partial charge in [-0.1, -0.05) is 28.7 Å². The Morgan fingerprint density at radius 3 is 2.83 bits per heavy atom. The van der Waals surface area contributed by atoms with Crippen LogP contribution in [0.3, 0.4) is 0 Å². The Labute approximate surface area is 179 Å². The number of aromatic nitrogens is 2. The van der Waals surface area contributed by atoms with E-state index in [1.165, 1.54) is 23.1 Å². The third-order valence-electron chi connectivity index (χ3n) is 4.82. The molecule has 0 radical (unpaired) electrons. The van der Waals surface area contributed by atoms with E-state index >= 15 is 0 Å². The van der Waals surface area contributed by atoms with Gasteiger partial charge in [-0.2, -0.15) is 0 Å². The molecule has 0 aliphatic carbocycles. The van der Waals surface area contributed by atoms with Gasteiger partial charge in [-0.05, 0) is 80.5 Å². The zero-order valence-electron chi connectivity index (χ0n) is 16.6. The molecule has 0 unspecified atom stereocenters. The number of ether oxygens (including phenoxy) is 1. The van der Waals surface area contributed by atoms with Crippen molar-refractivity contribution in [2.75, 3.05) is 4.72 Å². The molecule has 7 heteroatoms. The molecule has 0 spiro atoms. The summed E-state index contributed by atoms with van der Waals surface area (Å²) < 4.78 is 14.1. The summed E-state index contributed by atoms with van der Waals surface area (Å²) in [4.78, 5) is 5.29. The molecule has 1 aliphatic heterocycles. The van der Waals surface area contributed by atoms with Crippen LogP contribution in [0.1, 0.15) is 47.5 Å². The van der Waals surface area contributed by atoms with E-state index in [4.69, 9.17) is 20.9 Å². The first-order valence-corrected chi connectivity index (χ1v) is 10.3. The first kappa shape index (κ1) is 19.8. The lowest BCUT2D eigenvalue weighted by Crippen LogP contribution is -2.14. The van der Waals surface area contributed by atoms with Crippen molar-refractivity contribution in [3.63, 3.8) is 0 Å². The number of benzene rings is 1. The minimum Gasteiger partial charge on any atom is -0.366 e. The van der Waals surface area contributed by atoms with Crippen LogP contribution in [0.25, 0.3) is 0 Å². The molecule has 1 aliphatic rings. The molecule has 0 saturated heterocycles. The highest BCUT2D eigenvalue weighted by molar-refractivity contribution is 8.00. The number of fused-ring (bicyclic) bond motifs is 1. The topological polar surface area (TPSA) is 60.2 Å². The highest BCUT2D eigenvalue weighted by atomic mass is 35.5. The van der Waals surface area contributed by atoms with Crippen LogP contribution >= 0.6 is 23.5 Å². The summed E-state index contributed by atoms with van der Waals surface area (Å²) in [7, 11) is 0. The molecule has 0 bridgehead atoms. The summed E-state index contributed by atoms with van der Waals surface area (Å²) in [6.07, 6.45) is 1.73. The van der Waals surface area contributed by atoms with Crippen molar-refractivity contribution < 1.29 is 9.26 Å². The largest absolute Gasteiger partial charge is 0.366 e. The molecule has 2 aromatic heterocycles. The normalized spacial score (nSPS) is 14.2. The van der Waals surface area contributed by atoms with Gasteiger partial charge in [-0.15, -0.1) is 0 Å². The van der Waals surface area contributed by atoms with Crippen LogP contribution in [-0.2, 0) is 16.9 Å². The minimum atomic E-state index is -0.288. The standard InChI is InChI=1S/C22H20ClN3O2S/c1-13-10-16-12-27-22(3,4)17(16)11-15(13)7-8-18-19(6-5-9-24-18)29-26-21-20(23)14(2)25-28-21/h5-6,9-11,26H,12H2,1-4H3. The van der Waals surface area contributed by atoms with Gasteiger partial charge >= 0.3 is 0 Å². The predicted molar refractivity (Wildman–Crippen MR) is 115 cm³/mol. The number of rotatable bonds is 3. The van der Waals surface area contributed by atoms with Crippen molar-refractivity contribution in [1.29, 1.82) is 0 Å². The van der Waals surface area contributed by atoms with Crippen molar-refractivity contribution in [3.05, 3.63) is 69.1 Å². The second kappa shape index (κ2) is 7.75. The van der Waals surface area contributed by atoms with E-state index in [-0.39, 0.29) is 5.60 Å². The van der Waals surface area contributed by atoms with Crippen LogP contribution in [0.2, 0.25) is 5.02 Å². The van der Waals surface area contributed by atoms with Gasteiger partial charge in [0.1, 0.15) is 16.4 Å². The summed E-state index contributed by atoms with van der Waals surface area (Å²) in [5.41, 5.74) is 5.56. The van der Waals surface area contributed by atoms with E-state index < -0.39 is 0 Å². The average Bonchev–Trinajstić information content (AvgIpc) is 3.17. The predicted octanol–water partition coefficient (Wildman–Crippen LogP) is 5.62. The summed E-state index contributed by atoms with van der Waals surface area (Å²) in [6, 6.07) is 8.11. The van der Waals surface area contributed by atoms with Crippen molar-refractivity contribution in [2.24, 2.45) is 0 Å². The first-order valence-electron chi connectivity index (χ1n) is 9.15. The second-order valence-electron chi connectivity index (χ2n) is 7.34. The zero-order valence-corrected chi connectivity index (χ0v) is 18.2. The molecular weight excluding hydrogens is 406 g/mol. The fourth-order valence-corrected chi connectivity index (χ4v) is 4.00. The molecule has 0 fully saturated rings. The lowest BCUT2D eigenvalue weighted by Gasteiger charge is -2.18. The van der Waals surface area contributed by atoms with Crippen LogP contribution < -0.4 is 4.72 Å². The highest BCUT2D eigenvalue weighted by Gasteiger charge is 2.31. The Kier molecular flexibility index (Phi) is 5.30. The quantitative estimate of drug-likeness (QED) is 0.433. The fourth-order valence-electron chi connectivity index (χ4n) is 3.13. The van der Waals surface area contributed by atoms with Crippen LogP contribution in [0.4, 0.5) is 5.88 Å². The fraction of sp³-hybridized carbons (Fsp3) is 0.273. The highest BCUT2D eigenvalue weighted by Crippen LogP contribution is 2.37. The molecule has 0 saturated carbocycles. The van der Waals surface area contributed by atoms with E-state index in [0.29, 0.717) is 28.9 Å². The van der Waals surface area contributed by atoms with Gasteiger partial charge in [0, 0.05) is 11.8 Å². The summed E-state index contributed by atoms with van der Waals surface area (Å²) in [5, 5.41) is 4.31. The van der Waals surface area contributed by atoms with Crippen molar-refractivity contribution in [1.82, 2.24) is 10.1 Å². The summed E-state index contributed by atoms with van der Waals surface area (Å²) >= 11 is 7.49. The first-order chi connectivity index (χ1) is 13.8. The van der Waals surface area contributed by atoms with Crippen LogP contribution in [0.15, 0.2) is 39.9 Å². The van der Waals surface area contributed by atoms with E-state index in [9.17, 15) is 0 Å². The van der Waals surface area contributed by atoms with Crippen LogP contribution in [-0.4, -0.2) is 10.1 Å². The number of anilines is 1. The molecule has 1 N–H and O–H groups in total. The molecule has 5 nitrogen and oxygen atoms in total. The van der Waals surface area contributed by atoms with E-state index in [2.05, 4.69) is 59.6 Å². The number of hydrogen-bond donors (Lipinski definition) is 1. The Balaban J connectivity index is 1.61. The van der Waals surface area contributed by atoms with Gasteiger partial charge in [-0.3, -0.25) is 4.72 Å².